The number of carbonyl (C=O) groups is 2. The maximum Gasteiger partial charge on any atom is 0.471 e. The lowest BCUT2D eigenvalue weighted by atomic mass is 10.3. The topological polar surface area (TPSA) is 80.8 Å². The third-order valence-electron chi connectivity index (χ3n) is 2.10. The zero-order valence-electron chi connectivity index (χ0n) is 8.52. The van der Waals surface area contributed by atoms with Crippen LogP contribution in [-0.2, 0) is 24.2 Å². The van der Waals surface area contributed by atoms with Gasteiger partial charge in [-0.25, -0.2) is 13.2 Å². The number of hydrogen-bond donors (Lipinski definition) is 0. The smallest absolute Gasteiger partial charge is 0.467 e. The number of methoxy groups -OCH3 is 1. The van der Waals surface area contributed by atoms with Crippen molar-refractivity contribution < 1.29 is 35.9 Å². The molecule has 0 spiro atoms. The van der Waals surface area contributed by atoms with Crippen LogP contribution < -0.4 is 0 Å². The summed E-state index contributed by atoms with van der Waals surface area (Å²) in [6, 6.07) is -1.74. The zero-order chi connectivity index (χ0) is 13.4. The molecule has 1 rings (SSSR count). The van der Waals surface area contributed by atoms with Gasteiger partial charge in [-0.2, -0.15) is 13.2 Å². The number of nitrogens with zero attached hydrogens (tertiary/aromatic N) is 1. The molecule has 0 bridgehead atoms. The molecule has 0 aromatic carbocycles. The first-order chi connectivity index (χ1) is 7.58. The molecule has 1 unspecified atom stereocenters. The molecule has 1 heterocycles. The van der Waals surface area contributed by atoms with Crippen LogP contribution in [0.3, 0.4) is 0 Å². The van der Waals surface area contributed by atoms with Crippen molar-refractivity contribution in [1.29, 1.82) is 0 Å². The molecule has 0 N–H and O–H groups in total. The summed E-state index contributed by atoms with van der Waals surface area (Å²) in [6.07, 6.45) is -5.23. The molecule has 0 aromatic heterocycles. The lowest BCUT2D eigenvalue weighted by Gasteiger charge is -2.21. The van der Waals surface area contributed by atoms with Gasteiger partial charge in [0, 0.05) is 0 Å². The van der Waals surface area contributed by atoms with Crippen LogP contribution in [0.25, 0.3) is 0 Å². The summed E-state index contributed by atoms with van der Waals surface area (Å²) >= 11 is 0. The number of halogens is 3. The van der Waals surface area contributed by atoms with Crippen molar-refractivity contribution in [2.45, 2.75) is 12.2 Å². The summed E-state index contributed by atoms with van der Waals surface area (Å²) in [5.74, 6) is -5.55. The van der Waals surface area contributed by atoms with E-state index in [4.69, 9.17) is 0 Å². The molecule has 6 nitrogen and oxygen atoms in total. The first-order valence-corrected chi connectivity index (χ1v) is 6.06. The van der Waals surface area contributed by atoms with Crippen LogP contribution in [0.1, 0.15) is 0 Å². The largest absolute Gasteiger partial charge is 0.471 e. The van der Waals surface area contributed by atoms with Crippen LogP contribution in [0.15, 0.2) is 0 Å². The maximum atomic E-state index is 12.2. The molecule has 10 heteroatoms. The number of rotatable bonds is 1. The van der Waals surface area contributed by atoms with E-state index in [9.17, 15) is 31.2 Å². The summed E-state index contributed by atoms with van der Waals surface area (Å²) in [4.78, 5) is 22.0. The standard InChI is InChI=1S/C7H8F3NO5S/c1-16-5(12)4-2-17(14,15)3-11(4)6(13)7(8,9)10/h4H,2-3H2,1H3. The number of hydrogen-bond acceptors (Lipinski definition) is 5. The highest BCUT2D eigenvalue weighted by Gasteiger charge is 2.52. The average Bonchev–Trinajstić information content (AvgIpc) is 2.50. The summed E-state index contributed by atoms with van der Waals surface area (Å²) in [5, 5.41) is 0. The van der Waals surface area contributed by atoms with Gasteiger partial charge in [0.15, 0.2) is 9.84 Å². The van der Waals surface area contributed by atoms with Crippen molar-refractivity contribution in [3.63, 3.8) is 0 Å². The fourth-order valence-corrected chi connectivity index (χ4v) is 3.00. The maximum absolute atomic E-state index is 12.2. The van der Waals surface area contributed by atoms with E-state index in [2.05, 4.69) is 4.74 Å². The number of sulfone groups is 1. The third kappa shape index (κ3) is 2.87. The van der Waals surface area contributed by atoms with Gasteiger partial charge < -0.3 is 9.64 Å². The van der Waals surface area contributed by atoms with Gasteiger partial charge in [0.1, 0.15) is 11.9 Å². The Balaban J connectivity index is 3.04. The van der Waals surface area contributed by atoms with Crippen molar-refractivity contribution in [2.75, 3.05) is 18.7 Å². The number of ether oxygens (including phenoxy) is 1. The molecule has 1 fully saturated rings. The van der Waals surface area contributed by atoms with Gasteiger partial charge in [-0.1, -0.05) is 0 Å². The predicted molar refractivity (Wildman–Crippen MR) is 47.4 cm³/mol. The summed E-state index contributed by atoms with van der Waals surface area (Å²) in [7, 11) is -3.01. The van der Waals surface area contributed by atoms with Crippen molar-refractivity contribution >= 4 is 21.7 Å². The molecule has 17 heavy (non-hydrogen) atoms. The van der Waals surface area contributed by atoms with E-state index >= 15 is 0 Å². The Morgan fingerprint density at radius 1 is 1.35 bits per heavy atom. The molecule has 1 aliphatic heterocycles. The first kappa shape index (κ1) is 13.7. The Labute approximate surface area is 94.2 Å². The van der Waals surface area contributed by atoms with Gasteiger partial charge in [0.2, 0.25) is 0 Å². The Bertz CT molecular complexity index is 443. The van der Waals surface area contributed by atoms with Crippen molar-refractivity contribution in [3.8, 4) is 0 Å². The Morgan fingerprint density at radius 3 is 2.29 bits per heavy atom. The SMILES string of the molecule is COC(=O)C1CS(=O)(=O)CN1C(=O)C(F)(F)F. The van der Waals surface area contributed by atoms with E-state index in [0.717, 1.165) is 7.11 Å². The van der Waals surface area contributed by atoms with Crippen molar-refractivity contribution in [1.82, 2.24) is 4.90 Å². The minimum absolute atomic E-state index is 0.0405. The minimum Gasteiger partial charge on any atom is -0.467 e. The summed E-state index contributed by atoms with van der Waals surface area (Å²) in [6.45, 7) is 0. The second kappa shape index (κ2) is 4.17. The molecule has 0 radical (unpaired) electrons. The zero-order valence-corrected chi connectivity index (χ0v) is 9.34. The van der Waals surface area contributed by atoms with E-state index in [-0.39, 0.29) is 4.90 Å². The quantitative estimate of drug-likeness (QED) is 0.591. The molecule has 98 valence electrons. The van der Waals surface area contributed by atoms with E-state index < -0.39 is 45.6 Å². The highest BCUT2D eigenvalue weighted by Crippen LogP contribution is 2.25. The number of alkyl halides is 3. The normalized spacial score (nSPS) is 23.5. The van der Waals surface area contributed by atoms with Gasteiger partial charge in [-0.15, -0.1) is 0 Å². The monoisotopic (exact) mass is 275 g/mol. The van der Waals surface area contributed by atoms with Crippen molar-refractivity contribution in [2.24, 2.45) is 0 Å². The summed E-state index contributed by atoms with van der Waals surface area (Å²) in [5.41, 5.74) is 0. The van der Waals surface area contributed by atoms with Gasteiger partial charge in [0.25, 0.3) is 0 Å². The van der Waals surface area contributed by atoms with Crippen LogP contribution >= 0.6 is 0 Å². The third-order valence-corrected chi connectivity index (χ3v) is 3.60. The molecule has 1 amide bonds. The van der Waals surface area contributed by atoms with E-state index in [0.29, 0.717) is 0 Å². The molecule has 1 aliphatic rings. The Morgan fingerprint density at radius 2 is 1.88 bits per heavy atom. The molecule has 1 saturated heterocycles. The lowest BCUT2D eigenvalue weighted by molar-refractivity contribution is -0.187. The highest BCUT2D eigenvalue weighted by molar-refractivity contribution is 7.91. The molecule has 1 atom stereocenters. The molecule has 0 saturated carbocycles. The molecular weight excluding hydrogens is 267 g/mol. The van der Waals surface area contributed by atoms with Crippen LogP contribution in [0.5, 0.6) is 0 Å². The molecular formula is C7H8F3NO5S. The fraction of sp³-hybridized carbons (Fsp3) is 0.714. The van der Waals surface area contributed by atoms with Crippen LogP contribution in [0, 0.1) is 0 Å². The highest BCUT2D eigenvalue weighted by atomic mass is 32.2. The average molecular weight is 275 g/mol. The first-order valence-electron chi connectivity index (χ1n) is 4.24. The van der Waals surface area contributed by atoms with Crippen molar-refractivity contribution in [3.05, 3.63) is 0 Å². The predicted octanol–water partition coefficient (Wildman–Crippen LogP) is -0.695. The summed E-state index contributed by atoms with van der Waals surface area (Å²) < 4.78 is 62.9. The fourth-order valence-electron chi connectivity index (χ4n) is 1.38. The van der Waals surface area contributed by atoms with Crippen LogP contribution in [0.2, 0.25) is 0 Å². The molecule has 0 aliphatic carbocycles. The van der Waals surface area contributed by atoms with Crippen LogP contribution in [0.4, 0.5) is 13.2 Å². The van der Waals surface area contributed by atoms with Crippen LogP contribution in [-0.4, -0.2) is 56.2 Å². The second-order valence-electron chi connectivity index (χ2n) is 3.35. The lowest BCUT2D eigenvalue weighted by Crippen LogP contribution is -2.48. The van der Waals surface area contributed by atoms with Gasteiger partial charge in [0.05, 0.1) is 12.9 Å². The Hall–Kier alpha value is -1.32. The van der Waals surface area contributed by atoms with E-state index in [1.54, 1.807) is 0 Å². The number of amides is 1. The number of carbonyl (C=O) groups excluding carboxylic acids is 2. The minimum atomic E-state index is -5.23. The van der Waals surface area contributed by atoms with E-state index in [1.165, 1.54) is 0 Å². The number of esters is 1. The van der Waals surface area contributed by atoms with Gasteiger partial charge >= 0.3 is 18.1 Å². The van der Waals surface area contributed by atoms with Gasteiger partial charge in [-0.05, 0) is 0 Å². The van der Waals surface area contributed by atoms with E-state index in [1.807, 2.05) is 0 Å². The van der Waals surface area contributed by atoms with Gasteiger partial charge in [-0.3, -0.25) is 4.79 Å². The second-order valence-corrected chi connectivity index (χ2v) is 5.43. The Kier molecular flexibility index (Phi) is 3.37. The molecule has 0 aromatic rings.